The Labute approximate surface area is 202 Å². The van der Waals surface area contributed by atoms with E-state index in [2.05, 4.69) is 20.9 Å². The Balaban J connectivity index is 1.85. The van der Waals surface area contributed by atoms with Crippen molar-refractivity contribution in [3.8, 4) is 5.69 Å². The van der Waals surface area contributed by atoms with E-state index in [-0.39, 0.29) is 18.0 Å². The second-order valence-corrected chi connectivity index (χ2v) is 8.24. The zero-order valence-corrected chi connectivity index (χ0v) is 20.1. The fraction of sp³-hybridized carbons (Fsp3) is 0.292. The summed E-state index contributed by atoms with van der Waals surface area (Å²) in [6.45, 7) is 2.39. The van der Waals surface area contributed by atoms with Crippen molar-refractivity contribution in [1.29, 1.82) is 0 Å². The molecule has 3 aromatic rings. The number of carbonyl (C=O) groups is 3. The quantitative estimate of drug-likeness (QED) is 0.427. The number of nitrogens with one attached hydrogen (secondary N) is 2. The van der Waals surface area contributed by atoms with Crippen LogP contribution in [-0.2, 0) is 21.7 Å². The summed E-state index contributed by atoms with van der Waals surface area (Å²) in [4.78, 5) is 37.5. The maximum absolute atomic E-state index is 13.1. The molecule has 34 heavy (non-hydrogen) atoms. The van der Waals surface area contributed by atoms with Crippen molar-refractivity contribution in [1.82, 2.24) is 25.6 Å². The number of benzene rings is 2. The highest BCUT2D eigenvalue weighted by atomic mass is 32.2. The van der Waals surface area contributed by atoms with Crippen LogP contribution in [0, 0.1) is 0 Å². The second-order valence-electron chi connectivity index (χ2n) is 7.37. The molecule has 0 radical (unpaired) electrons. The molecule has 178 valence electrons. The average molecular weight is 482 g/mol. The first-order valence-corrected chi connectivity index (χ1v) is 12.1. The molecule has 1 unspecified atom stereocenters. The van der Waals surface area contributed by atoms with E-state index in [1.807, 2.05) is 43.5 Å². The SMILES string of the molecule is CCNC(=O)c1ccc(-n2nnc(C(=O)NC(Cc3ccccc3)C(=O)OC)c2CSC)cc1. The zero-order valence-electron chi connectivity index (χ0n) is 19.3. The highest BCUT2D eigenvalue weighted by molar-refractivity contribution is 7.97. The number of hydrogen-bond acceptors (Lipinski definition) is 7. The van der Waals surface area contributed by atoms with E-state index in [0.717, 1.165) is 5.56 Å². The van der Waals surface area contributed by atoms with Crippen LogP contribution in [0.4, 0.5) is 0 Å². The van der Waals surface area contributed by atoms with Gasteiger partial charge in [0.05, 0.1) is 18.5 Å². The molecule has 2 N–H and O–H groups in total. The van der Waals surface area contributed by atoms with Gasteiger partial charge in [-0.05, 0) is 43.0 Å². The molecule has 0 saturated heterocycles. The monoisotopic (exact) mass is 481 g/mol. The van der Waals surface area contributed by atoms with Crippen LogP contribution in [0.3, 0.4) is 0 Å². The summed E-state index contributed by atoms with van der Waals surface area (Å²) in [5.74, 6) is -0.753. The topological polar surface area (TPSA) is 115 Å². The molecule has 0 fully saturated rings. The van der Waals surface area contributed by atoms with E-state index in [1.165, 1.54) is 18.9 Å². The molecule has 10 heteroatoms. The molecular weight excluding hydrogens is 454 g/mol. The number of thioether (sulfide) groups is 1. The van der Waals surface area contributed by atoms with E-state index < -0.39 is 17.9 Å². The highest BCUT2D eigenvalue weighted by Gasteiger charge is 2.27. The summed E-state index contributed by atoms with van der Waals surface area (Å²) in [6, 6.07) is 15.4. The third-order valence-electron chi connectivity index (χ3n) is 5.04. The fourth-order valence-corrected chi connectivity index (χ4v) is 3.91. The van der Waals surface area contributed by atoms with Crippen molar-refractivity contribution in [2.75, 3.05) is 19.9 Å². The van der Waals surface area contributed by atoms with Crippen LogP contribution in [0.25, 0.3) is 5.69 Å². The predicted molar refractivity (Wildman–Crippen MR) is 130 cm³/mol. The van der Waals surface area contributed by atoms with Crippen LogP contribution >= 0.6 is 11.8 Å². The van der Waals surface area contributed by atoms with Gasteiger partial charge in [-0.15, -0.1) is 5.10 Å². The van der Waals surface area contributed by atoms with Gasteiger partial charge < -0.3 is 15.4 Å². The second kappa shape index (κ2) is 12.0. The molecule has 2 amide bonds. The van der Waals surface area contributed by atoms with Crippen molar-refractivity contribution >= 4 is 29.5 Å². The standard InChI is InChI=1S/C24H27N5O4S/c1-4-25-22(30)17-10-12-18(13-11-17)29-20(15-34-3)21(27-28-29)23(31)26-19(24(32)33-2)14-16-8-6-5-7-9-16/h5-13,19H,4,14-15H2,1-3H3,(H,25,30)(H,26,31). The summed E-state index contributed by atoms with van der Waals surface area (Å²) in [7, 11) is 1.28. The summed E-state index contributed by atoms with van der Waals surface area (Å²) in [6.07, 6.45) is 2.19. The van der Waals surface area contributed by atoms with Gasteiger partial charge in [0.15, 0.2) is 5.69 Å². The largest absolute Gasteiger partial charge is 0.467 e. The maximum Gasteiger partial charge on any atom is 0.328 e. The Morgan fingerprint density at radius 3 is 2.38 bits per heavy atom. The van der Waals surface area contributed by atoms with Gasteiger partial charge in [-0.2, -0.15) is 11.8 Å². The average Bonchev–Trinajstić information content (AvgIpc) is 3.28. The normalized spacial score (nSPS) is 11.5. The molecule has 1 aromatic heterocycles. The van der Waals surface area contributed by atoms with Crippen molar-refractivity contribution in [2.45, 2.75) is 25.1 Å². The van der Waals surface area contributed by atoms with Crippen LogP contribution in [0.2, 0.25) is 0 Å². The van der Waals surface area contributed by atoms with Crippen molar-refractivity contribution in [2.24, 2.45) is 0 Å². The molecule has 0 aliphatic rings. The number of nitrogens with zero attached hydrogens (tertiary/aromatic N) is 3. The smallest absolute Gasteiger partial charge is 0.328 e. The lowest BCUT2D eigenvalue weighted by molar-refractivity contribution is -0.142. The lowest BCUT2D eigenvalue weighted by Crippen LogP contribution is -2.43. The number of amides is 2. The lowest BCUT2D eigenvalue weighted by Gasteiger charge is -2.16. The molecule has 9 nitrogen and oxygen atoms in total. The lowest BCUT2D eigenvalue weighted by atomic mass is 10.1. The first kappa shape index (κ1) is 25.0. The molecule has 2 aromatic carbocycles. The Hall–Kier alpha value is -3.66. The number of aromatic nitrogens is 3. The summed E-state index contributed by atoms with van der Waals surface area (Å²) < 4.78 is 6.46. The third-order valence-corrected chi connectivity index (χ3v) is 5.61. The number of hydrogen-bond donors (Lipinski definition) is 2. The van der Waals surface area contributed by atoms with Crippen LogP contribution in [0.5, 0.6) is 0 Å². The molecule has 0 spiro atoms. The van der Waals surface area contributed by atoms with Gasteiger partial charge >= 0.3 is 5.97 Å². The van der Waals surface area contributed by atoms with Gasteiger partial charge in [-0.25, -0.2) is 9.48 Å². The maximum atomic E-state index is 13.1. The molecule has 1 atom stereocenters. The van der Waals surface area contributed by atoms with E-state index >= 15 is 0 Å². The van der Waals surface area contributed by atoms with Gasteiger partial charge in [0, 0.05) is 24.3 Å². The molecule has 3 rings (SSSR count). The number of esters is 1. The van der Waals surface area contributed by atoms with Gasteiger partial charge in [-0.3, -0.25) is 9.59 Å². The predicted octanol–water partition coefficient (Wildman–Crippen LogP) is 2.39. The van der Waals surface area contributed by atoms with E-state index in [9.17, 15) is 14.4 Å². The van der Waals surface area contributed by atoms with E-state index in [0.29, 0.717) is 29.2 Å². The van der Waals surface area contributed by atoms with E-state index in [4.69, 9.17) is 4.74 Å². The van der Waals surface area contributed by atoms with Gasteiger partial charge in [0.25, 0.3) is 11.8 Å². The van der Waals surface area contributed by atoms with Gasteiger partial charge in [0.1, 0.15) is 6.04 Å². The summed E-state index contributed by atoms with van der Waals surface area (Å²) in [5, 5.41) is 13.8. The highest BCUT2D eigenvalue weighted by Crippen LogP contribution is 2.19. The molecule has 0 aliphatic carbocycles. The fourth-order valence-electron chi connectivity index (χ4n) is 3.38. The Morgan fingerprint density at radius 1 is 1.06 bits per heavy atom. The number of methoxy groups -OCH3 is 1. The minimum atomic E-state index is -0.872. The third kappa shape index (κ3) is 6.02. The molecule has 1 heterocycles. The Kier molecular flexibility index (Phi) is 8.80. The Morgan fingerprint density at radius 2 is 1.76 bits per heavy atom. The molecule has 0 saturated carbocycles. The molecule has 0 aliphatic heterocycles. The van der Waals surface area contributed by atoms with Gasteiger partial charge in [-0.1, -0.05) is 35.5 Å². The van der Waals surface area contributed by atoms with Crippen molar-refractivity contribution < 1.29 is 19.1 Å². The van der Waals surface area contributed by atoms with Crippen LogP contribution in [0.15, 0.2) is 54.6 Å². The number of ether oxygens (including phenoxy) is 1. The number of carbonyl (C=O) groups excluding carboxylic acids is 3. The van der Waals surface area contributed by atoms with Crippen LogP contribution < -0.4 is 10.6 Å². The van der Waals surface area contributed by atoms with Gasteiger partial charge in [0.2, 0.25) is 0 Å². The first-order valence-electron chi connectivity index (χ1n) is 10.7. The Bertz CT molecular complexity index is 1130. The molecular formula is C24H27N5O4S. The van der Waals surface area contributed by atoms with Crippen molar-refractivity contribution in [3.63, 3.8) is 0 Å². The molecule has 0 bridgehead atoms. The minimum Gasteiger partial charge on any atom is -0.467 e. The summed E-state index contributed by atoms with van der Waals surface area (Å²) in [5.41, 5.74) is 2.79. The first-order chi connectivity index (χ1) is 16.5. The summed E-state index contributed by atoms with van der Waals surface area (Å²) >= 11 is 1.51. The van der Waals surface area contributed by atoms with Crippen LogP contribution in [0.1, 0.15) is 39.0 Å². The van der Waals surface area contributed by atoms with Crippen LogP contribution in [-0.4, -0.2) is 58.7 Å². The minimum absolute atomic E-state index is 0.129. The zero-order chi connectivity index (χ0) is 24.5. The van der Waals surface area contributed by atoms with E-state index in [1.54, 1.807) is 28.9 Å². The number of rotatable bonds is 10. The van der Waals surface area contributed by atoms with Crippen molar-refractivity contribution in [3.05, 3.63) is 77.1 Å².